The van der Waals surface area contributed by atoms with Crippen molar-refractivity contribution in [1.29, 1.82) is 0 Å². The Morgan fingerprint density at radius 3 is 2.85 bits per heavy atom. The molecule has 0 atom stereocenters. The number of ether oxygens (including phenoxy) is 2. The van der Waals surface area contributed by atoms with E-state index in [0.29, 0.717) is 24.8 Å². The lowest BCUT2D eigenvalue weighted by Crippen LogP contribution is -2.31. The van der Waals surface area contributed by atoms with Gasteiger partial charge >= 0.3 is 0 Å². The summed E-state index contributed by atoms with van der Waals surface area (Å²) in [7, 11) is 0. The van der Waals surface area contributed by atoms with E-state index in [0.717, 1.165) is 43.0 Å². The van der Waals surface area contributed by atoms with Gasteiger partial charge in [0.1, 0.15) is 0 Å². The maximum Gasteiger partial charge on any atom is 0.276 e. The molecule has 8 nitrogen and oxygen atoms in total. The van der Waals surface area contributed by atoms with Gasteiger partial charge in [-0.3, -0.25) is 4.79 Å². The van der Waals surface area contributed by atoms with Crippen LogP contribution in [0.4, 0.5) is 0 Å². The zero-order chi connectivity index (χ0) is 17.9. The average molecular weight is 394 g/mol. The zero-order valence-corrected chi connectivity index (χ0v) is 16.1. The highest BCUT2D eigenvalue weighted by molar-refractivity contribution is 5.91. The molecule has 1 aromatic heterocycles. The Balaban J connectivity index is 0.00000210. The van der Waals surface area contributed by atoms with E-state index < -0.39 is 0 Å². The van der Waals surface area contributed by atoms with Crippen molar-refractivity contribution >= 4 is 18.3 Å². The summed E-state index contributed by atoms with van der Waals surface area (Å²) < 4.78 is 12.6. The topological polar surface area (TPSA) is 81.5 Å². The van der Waals surface area contributed by atoms with Gasteiger partial charge in [-0.2, -0.15) is 0 Å². The van der Waals surface area contributed by atoms with Gasteiger partial charge in [0.05, 0.1) is 12.2 Å². The van der Waals surface area contributed by atoms with Crippen LogP contribution < -0.4 is 14.8 Å². The monoisotopic (exact) mass is 393 g/mol. The fraction of sp³-hybridized carbons (Fsp3) is 0.500. The van der Waals surface area contributed by atoms with Crippen LogP contribution in [0.1, 0.15) is 41.9 Å². The summed E-state index contributed by atoms with van der Waals surface area (Å²) in [5.74, 6) is 1.36. The highest BCUT2D eigenvalue weighted by Gasteiger charge is 2.22. The van der Waals surface area contributed by atoms with Crippen molar-refractivity contribution in [1.82, 2.24) is 25.2 Å². The quantitative estimate of drug-likeness (QED) is 0.836. The van der Waals surface area contributed by atoms with E-state index in [4.69, 9.17) is 9.47 Å². The molecule has 4 rings (SSSR count). The number of nitrogens with zero attached hydrogens (tertiary/aromatic N) is 4. The molecule has 0 spiro atoms. The van der Waals surface area contributed by atoms with E-state index in [2.05, 4.69) is 15.6 Å². The Bertz CT molecular complexity index is 791. The Labute approximate surface area is 164 Å². The fourth-order valence-corrected chi connectivity index (χ4v) is 3.37. The lowest BCUT2D eigenvalue weighted by atomic mass is 10.1. The minimum atomic E-state index is -0.106. The first-order valence-corrected chi connectivity index (χ1v) is 9.05. The fourth-order valence-electron chi connectivity index (χ4n) is 3.37. The van der Waals surface area contributed by atoms with E-state index >= 15 is 0 Å². The van der Waals surface area contributed by atoms with Crippen LogP contribution in [0.15, 0.2) is 24.4 Å². The molecule has 3 heterocycles. The first-order valence-electron chi connectivity index (χ1n) is 9.05. The van der Waals surface area contributed by atoms with Gasteiger partial charge in [0.2, 0.25) is 6.79 Å². The molecular weight excluding hydrogens is 370 g/mol. The second kappa shape index (κ2) is 8.58. The van der Waals surface area contributed by atoms with Crippen LogP contribution in [0.2, 0.25) is 0 Å². The third-order valence-corrected chi connectivity index (χ3v) is 4.89. The predicted molar refractivity (Wildman–Crippen MR) is 101 cm³/mol. The van der Waals surface area contributed by atoms with Crippen molar-refractivity contribution in [2.75, 3.05) is 26.4 Å². The zero-order valence-electron chi connectivity index (χ0n) is 15.3. The predicted octanol–water partition coefficient (Wildman–Crippen LogP) is 2.02. The van der Waals surface area contributed by atoms with E-state index in [1.54, 1.807) is 11.1 Å². The number of amides is 1. The first-order chi connectivity index (χ1) is 12.7. The molecule has 1 aromatic carbocycles. The van der Waals surface area contributed by atoms with Crippen LogP contribution in [0.25, 0.3) is 0 Å². The number of halogens is 1. The number of nitrogens with one attached hydrogen (secondary N) is 1. The minimum Gasteiger partial charge on any atom is -0.454 e. The average Bonchev–Trinajstić information content (AvgIpc) is 3.35. The summed E-state index contributed by atoms with van der Waals surface area (Å²) in [6.07, 6.45) is 3.79. The van der Waals surface area contributed by atoms with Crippen LogP contribution in [-0.2, 0) is 6.54 Å². The summed E-state index contributed by atoms with van der Waals surface area (Å²) in [6.45, 7) is 5.23. The van der Waals surface area contributed by atoms with Crippen molar-refractivity contribution < 1.29 is 14.3 Å². The normalized spacial score (nSPS) is 16.0. The first kappa shape index (κ1) is 19.4. The van der Waals surface area contributed by atoms with Crippen molar-refractivity contribution in [3.63, 3.8) is 0 Å². The number of carbonyl (C=O) groups is 1. The van der Waals surface area contributed by atoms with Crippen LogP contribution >= 0.6 is 12.4 Å². The van der Waals surface area contributed by atoms with Crippen molar-refractivity contribution in [2.24, 2.45) is 0 Å². The number of carbonyl (C=O) groups excluding carboxylic acids is 1. The number of benzene rings is 1. The summed E-state index contributed by atoms with van der Waals surface area (Å²) in [5.41, 5.74) is 1.39. The van der Waals surface area contributed by atoms with Gasteiger partial charge in [0.25, 0.3) is 5.91 Å². The molecule has 1 amide bonds. The van der Waals surface area contributed by atoms with Gasteiger partial charge < -0.3 is 19.7 Å². The molecule has 2 aliphatic heterocycles. The molecule has 0 saturated carbocycles. The molecule has 0 bridgehead atoms. The molecule has 1 saturated heterocycles. The van der Waals surface area contributed by atoms with Crippen molar-refractivity contribution in [3.8, 4) is 11.5 Å². The molecule has 1 N–H and O–H groups in total. The Hall–Kier alpha value is -2.32. The molecule has 27 heavy (non-hydrogen) atoms. The third kappa shape index (κ3) is 4.17. The maximum atomic E-state index is 12.9. The van der Waals surface area contributed by atoms with Gasteiger partial charge in [-0.05, 0) is 50.6 Å². The second-order valence-electron chi connectivity index (χ2n) is 6.57. The van der Waals surface area contributed by atoms with Crippen molar-refractivity contribution in [2.45, 2.75) is 32.4 Å². The van der Waals surface area contributed by atoms with E-state index in [9.17, 15) is 4.79 Å². The van der Waals surface area contributed by atoms with E-state index in [-0.39, 0.29) is 25.1 Å². The lowest BCUT2D eigenvalue weighted by Gasteiger charge is -2.22. The van der Waals surface area contributed by atoms with Gasteiger partial charge in [0, 0.05) is 13.1 Å². The smallest absolute Gasteiger partial charge is 0.276 e. The highest BCUT2D eigenvalue weighted by Crippen LogP contribution is 2.32. The number of fused-ring (bicyclic) bond motifs is 1. The Morgan fingerprint density at radius 2 is 2.07 bits per heavy atom. The molecule has 1 fully saturated rings. The summed E-state index contributed by atoms with van der Waals surface area (Å²) in [6, 6.07) is 6.07. The standard InChI is InChI=1S/C18H23N5O3.ClH/c1-2-22(10-13-3-4-16-17(9-13)26-12-25-16)18(24)15-11-23(21-20-15)14-5-7-19-8-6-14;/h3-4,9,11,14,19H,2,5-8,10,12H2,1H3;1H. The third-order valence-electron chi connectivity index (χ3n) is 4.89. The second-order valence-corrected chi connectivity index (χ2v) is 6.57. The summed E-state index contributed by atoms with van der Waals surface area (Å²) >= 11 is 0. The number of hydrogen-bond donors (Lipinski definition) is 1. The lowest BCUT2D eigenvalue weighted by molar-refractivity contribution is 0.0746. The molecule has 2 aliphatic rings. The van der Waals surface area contributed by atoms with Crippen molar-refractivity contribution in [3.05, 3.63) is 35.7 Å². The van der Waals surface area contributed by atoms with E-state index in [1.165, 1.54) is 0 Å². The number of hydrogen-bond acceptors (Lipinski definition) is 6. The van der Waals surface area contributed by atoms with Gasteiger partial charge in [0.15, 0.2) is 17.2 Å². The number of aromatic nitrogens is 3. The Morgan fingerprint density at radius 1 is 1.30 bits per heavy atom. The Kier molecular flexibility index (Phi) is 6.18. The molecule has 0 radical (unpaired) electrons. The SMILES string of the molecule is CCN(Cc1ccc2c(c1)OCO2)C(=O)c1cn(C2CCNCC2)nn1.Cl. The molecule has 0 unspecified atom stereocenters. The van der Waals surface area contributed by atoms with Gasteiger partial charge in [-0.15, -0.1) is 17.5 Å². The van der Waals surface area contributed by atoms with Crippen LogP contribution in [0, 0.1) is 0 Å². The minimum absolute atomic E-state index is 0. The molecule has 0 aliphatic carbocycles. The van der Waals surface area contributed by atoms with Crippen LogP contribution in [-0.4, -0.2) is 52.2 Å². The van der Waals surface area contributed by atoms with E-state index in [1.807, 2.05) is 29.8 Å². The van der Waals surface area contributed by atoms with Crippen LogP contribution in [0.5, 0.6) is 11.5 Å². The van der Waals surface area contributed by atoms with Gasteiger partial charge in [-0.1, -0.05) is 11.3 Å². The molecule has 2 aromatic rings. The highest BCUT2D eigenvalue weighted by atomic mass is 35.5. The summed E-state index contributed by atoms with van der Waals surface area (Å²) in [4.78, 5) is 14.6. The van der Waals surface area contributed by atoms with Gasteiger partial charge in [-0.25, -0.2) is 4.68 Å². The maximum absolute atomic E-state index is 12.9. The largest absolute Gasteiger partial charge is 0.454 e. The molecular formula is C18H24ClN5O3. The molecule has 146 valence electrons. The number of piperidine rings is 1. The number of rotatable bonds is 5. The summed E-state index contributed by atoms with van der Waals surface area (Å²) in [5, 5.41) is 11.6. The van der Waals surface area contributed by atoms with Crippen LogP contribution in [0.3, 0.4) is 0 Å². The molecule has 9 heteroatoms.